The molecule has 0 spiro atoms. The first kappa shape index (κ1) is 13.8. The fraction of sp³-hybridized carbons (Fsp3) is 0.250. The van der Waals surface area contributed by atoms with E-state index >= 15 is 0 Å². The largest absolute Gasteiger partial charge is 0.477 e. The number of carboxylic acids is 1. The molecule has 1 atom stereocenters. The number of para-hydroxylation sites is 1. The highest BCUT2D eigenvalue weighted by Gasteiger charge is 2.27. The monoisotopic (exact) mass is 301 g/mol. The summed E-state index contributed by atoms with van der Waals surface area (Å²) in [5.41, 5.74) is 2.11. The smallest absolute Gasteiger partial charge is 0.345 e. The van der Waals surface area contributed by atoms with E-state index in [0.29, 0.717) is 17.3 Å². The molecule has 3 rings (SSSR count). The van der Waals surface area contributed by atoms with Crippen LogP contribution in [0.3, 0.4) is 0 Å². The molecule has 0 radical (unpaired) electrons. The van der Waals surface area contributed by atoms with Gasteiger partial charge in [-0.25, -0.2) is 4.79 Å². The van der Waals surface area contributed by atoms with Crippen LogP contribution in [0.25, 0.3) is 0 Å². The number of nitrogens with zero attached hydrogens (tertiary/aromatic N) is 1. The highest BCUT2D eigenvalue weighted by atomic mass is 32.1. The van der Waals surface area contributed by atoms with Crippen LogP contribution in [0.15, 0.2) is 36.4 Å². The third kappa shape index (κ3) is 2.45. The maximum atomic E-state index is 12.6. The number of carboxylic acid groups (broad SMARTS) is 1. The van der Waals surface area contributed by atoms with Gasteiger partial charge in [0, 0.05) is 12.2 Å². The number of hydrogen-bond donors (Lipinski definition) is 1. The summed E-state index contributed by atoms with van der Waals surface area (Å²) in [5, 5.41) is 8.97. The number of rotatable bonds is 2. The number of anilines is 1. The Morgan fingerprint density at radius 3 is 2.62 bits per heavy atom. The fourth-order valence-electron chi connectivity index (χ4n) is 2.66. The molecule has 0 saturated heterocycles. The predicted octanol–water partition coefficient (Wildman–Crippen LogP) is 3.60. The molecule has 0 aliphatic carbocycles. The van der Waals surface area contributed by atoms with Gasteiger partial charge in [-0.05, 0) is 36.1 Å². The molecule has 2 heterocycles. The van der Waals surface area contributed by atoms with Crippen molar-refractivity contribution in [1.82, 2.24) is 0 Å². The molecular weight excluding hydrogens is 286 g/mol. The Balaban J connectivity index is 1.95. The summed E-state index contributed by atoms with van der Waals surface area (Å²) in [6.45, 7) is 2.83. The van der Waals surface area contributed by atoms with Gasteiger partial charge in [-0.2, -0.15) is 0 Å². The zero-order chi connectivity index (χ0) is 15.0. The minimum Gasteiger partial charge on any atom is -0.477 e. The number of thiophene rings is 1. The van der Waals surface area contributed by atoms with Crippen LogP contribution >= 0.6 is 11.3 Å². The molecule has 0 fully saturated rings. The van der Waals surface area contributed by atoms with E-state index in [0.717, 1.165) is 23.4 Å². The Kier molecular flexibility index (Phi) is 3.51. The van der Waals surface area contributed by atoms with Crippen LogP contribution in [-0.4, -0.2) is 23.5 Å². The van der Waals surface area contributed by atoms with Gasteiger partial charge in [-0.15, -0.1) is 11.3 Å². The van der Waals surface area contributed by atoms with E-state index in [1.54, 1.807) is 11.0 Å². The highest BCUT2D eigenvalue weighted by molar-refractivity contribution is 7.16. The summed E-state index contributed by atoms with van der Waals surface area (Å²) < 4.78 is 0. The van der Waals surface area contributed by atoms with E-state index in [1.165, 1.54) is 11.6 Å². The Morgan fingerprint density at radius 1 is 1.19 bits per heavy atom. The van der Waals surface area contributed by atoms with Crippen molar-refractivity contribution in [1.29, 1.82) is 0 Å². The topological polar surface area (TPSA) is 57.6 Å². The van der Waals surface area contributed by atoms with Crippen LogP contribution in [0.2, 0.25) is 0 Å². The maximum Gasteiger partial charge on any atom is 0.345 e. The van der Waals surface area contributed by atoms with E-state index < -0.39 is 5.97 Å². The molecule has 1 aliphatic rings. The SMILES string of the molecule is CC1CCN(C(=O)c2ccc(C(=O)O)s2)c2ccccc21. The second-order valence-corrected chi connectivity index (χ2v) is 6.26. The van der Waals surface area contributed by atoms with Crippen LogP contribution in [0, 0.1) is 0 Å². The lowest BCUT2D eigenvalue weighted by Gasteiger charge is -2.32. The molecule has 1 aromatic carbocycles. The summed E-state index contributed by atoms with van der Waals surface area (Å²) >= 11 is 1.03. The van der Waals surface area contributed by atoms with Crippen molar-refractivity contribution in [3.8, 4) is 0 Å². The summed E-state index contributed by atoms with van der Waals surface area (Å²) in [6, 6.07) is 11.0. The van der Waals surface area contributed by atoms with Crippen LogP contribution in [0.4, 0.5) is 5.69 Å². The third-order valence-electron chi connectivity index (χ3n) is 3.82. The van der Waals surface area contributed by atoms with E-state index in [1.807, 2.05) is 18.2 Å². The van der Waals surface area contributed by atoms with Gasteiger partial charge >= 0.3 is 5.97 Å². The minimum atomic E-state index is -0.994. The van der Waals surface area contributed by atoms with E-state index in [9.17, 15) is 9.59 Å². The fourth-order valence-corrected chi connectivity index (χ4v) is 3.45. The summed E-state index contributed by atoms with van der Waals surface area (Å²) in [4.78, 5) is 26.0. The zero-order valence-corrected chi connectivity index (χ0v) is 12.4. The van der Waals surface area contributed by atoms with Crippen molar-refractivity contribution >= 4 is 28.9 Å². The molecule has 0 bridgehead atoms. The van der Waals surface area contributed by atoms with Gasteiger partial charge in [0.25, 0.3) is 5.91 Å². The number of benzene rings is 1. The second kappa shape index (κ2) is 5.33. The lowest BCUT2D eigenvalue weighted by atomic mass is 9.91. The van der Waals surface area contributed by atoms with Crippen molar-refractivity contribution in [2.24, 2.45) is 0 Å². The van der Waals surface area contributed by atoms with Gasteiger partial charge in [0.15, 0.2) is 0 Å². The number of carbonyl (C=O) groups is 2. The lowest BCUT2D eigenvalue weighted by Crippen LogP contribution is -2.35. The van der Waals surface area contributed by atoms with E-state index in [-0.39, 0.29) is 10.8 Å². The molecule has 108 valence electrons. The van der Waals surface area contributed by atoms with Gasteiger partial charge in [0.2, 0.25) is 0 Å². The molecule has 0 saturated carbocycles. The Morgan fingerprint density at radius 2 is 1.90 bits per heavy atom. The van der Waals surface area contributed by atoms with Gasteiger partial charge < -0.3 is 10.0 Å². The van der Waals surface area contributed by atoms with Crippen LogP contribution in [-0.2, 0) is 0 Å². The number of amides is 1. The first-order valence-corrected chi connectivity index (χ1v) is 7.63. The van der Waals surface area contributed by atoms with Crippen LogP contribution < -0.4 is 4.90 Å². The number of fused-ring (bicyclic) bond motifs is 1. The van der Waals surface area contributed by atoms with Crippen molar-refractivity contribution in [3.05, 3.63) is 51.7 Å². The highest BCUT2D eigenvalue weighted by Crippen LogP contribution is 2.36. The number of aromatic carboxylic acids is 1. The lowest BCUT2D eigenvalue weighted by molar-refractivity contribution is 0.0702. The Bertz CT molecular complexity index is 707. The molecule has 1 aliphatic heterocycles. The summed E-state index contributed by atoms with van der Waals surface area (Å²) in [6.07, 6.45) is 0.917. The van der Waals surface area contributed by atoms with Gasteiger partial charge in [-0.3, -0.25) is 4.79 Å². The van der Waals surface area contributed by atoms with Crippen molar-refractivity contribution in [3.63, 3.8) is 0 Å². The zero-order valence-electron chi connectivity index (χ0n) is 11.6. The molecule has 2 aromatic rings. The Hall–Kier alpha value is -2.14. The van der Waals surface area contributed by atoms with Crippen molar-refractivity contribution in [2.75, 3.05) is 11.4 Å². The van der Waals surface area contributed by atoms with Gasteiger partial charge in [0.1, 0.15) is 4.88 Å². The number of carbonyl (C=O) groups excluding carboxylic acids is 1. The molecule has 5 heteroatoms. The molecule has 1 aromatic heterocycles. The molecular formula is C16H15NO3S. The molecule has 4 nitrogen and oxygen atoms in total. The van der Waals surface area contributed by atoms with Crippen LogP contribution in [0.1, 0.15) is 44.2 Å². The van der Waals surface area contributed by atoms with Gasteiger partial charge in [0.05, 0.1) is 4.88 Å². The predicted molar refractivity (Wildman–Crippen MR) is 82.4 cm³/mol. The molecule has 1 unspecified atom stereocenters. The average molecular weight is 301 g/mol. The standard InChI is InChI=1S/C16H15NO3S/c1-10-8-9-17(12-5-3-2-4-11(10)12)15(18)13-6-7-14(21-13)16(19)20/h2-7,10H,8-9H2,1H3,(H,19,20). The molecule has 1 N–H and O–H groups in total. The number of hydrogen-bond acceptors (Lipinski definition) is 3. The first-order chi connectivity index (χ1) is 10.1. The maximum absolute atomic E-state index is 12.6. The quantitative estimate of drug-likeness (QED) is 0.922. The van der Waals surface area contributed by atoms with Crippen LogP contribution in [0.5, 0.6) is 0 Å². The first-order valence-electron chi connectivity index (χ1n) is 6.82. The van der Waals surface area contributed by atoms with Gasteiger partial charge in [-0.1, -0.05) is 25.1 Å². The van der Waals surface area contributed by atoms with Crippen molar-refractivity contribution < 1.29 is 14.7 Å². The van der Waals surface area contributed by atoms with E-state index in [4.69, 9.17) is 5.11 Å². The molecule has 21 heavy (non-hydrogen) atoms. The minimum absolute atomic E-state index is 0.119. The van der Waals surface area contributed by atoms with E-state index in [2.05, 4.69) is 13.0 Å². The summed E-state index contributed by atoms with van der Waals surface area (Å²) in [5.74, 6) is -0.679. The third-order valence-corrected chi connectivity index (χ3v) is 4.88. The van der Waals surface area contributed by atoms with Crippen molar-refractivity contribution in [2.45, 2.75) is 19.3 Å². The average Bonchev–Trinajstić information content (AvgIpc) is 2.97. The second-order valence-electron chi connectivity index (χ2n) is 5.17. The Labute approximate surface area is 126 Å². The normalized spacial score (nSPS) is 17.4. The summed E-state index contributed by atoms with van der Waals surface area (Å²) in [7, 11) is 0. The molecule has 1 amide bonds.